The second kappa shape index (κ2) is 7.01. The molecule has 0 unspecified atom stereocenters. The number of rotatable bonds is 6. The van der Waals surface area contributed by atoms with Crippen molar-refractivity contribution in [3.63, 3.8) is 0 Å². The number of aromatic nitrogens is 1. The molecule has 0 aliphatic carbocycles. The van der Waals surface area contributed by atoms with Crippen molar-refractivity contribution in [3.8, 4) is 0 Å². The third-order valence-electron chi connectivity index (χ3n) is 4.48. The van der Waals surface area contributed by atoms with Crippen molar-refractivity contribution in [1.82, 2.24) is 9.71 Å². The van der Waals surface area contributed by atoms with Gasteiger partial charge in [0.05, 0.1) is 4.90 Å². The molecule has 1 aromatic carbocycles. The van der Waals surface area contributed by atoms with Crippen LogP contribution in [0.25, 0.3) is 0 Å². The Balaban J connectivity index is 1.63. The van der Waals surface area contributed by atoms with E-state index >= 15 is 0 Å². The first-order chi connectivity index (χ1) is 11.9. The normalized spacial score (nSPS) is 15.1. The Bertz CT molecular complexity index is 869. The third kappa shape index (κ3) is 3.93. The van der Waals surface area contributed by atoms with Gasteiger partial charge in [0.2, 0.25) is 15.9 Å². The maximum atomic E-state index is 12.4. The number of nitrogens with zero attached hydrogens (tertiary/aromatic N) is 1. The van der Waals surface area contributed by atoms with Crippen molar-refractivity contribution in [2.24, 2.45) is 0 Å². The number of amides is 1. The summed E-state index contributed by atoms with van der Waals surface area (Å²) >= 11 is 0. The monoisotopic (exact) mass is 361 g/mol. The molecular weight excluding hydrogens is 338 g/mol. The lowest BCUT2D eigenvalue weighted by atomic mass is 10.2. The number of H-pyrrole nitrogens is 1. The van der Waals surface area contributed by atoms with Crippen LogP contribution in [0.1, 0.15) is 29.8 Å². The lowest BCUT2D eigenvalue weighted by Gasteiger charge is -2.16. The van der Waals surface area contributed by atoms with E-state index in [0.717, 1.165) is 29.1 Å². The predicted octanol–water partition coefficient (Wildman–Crippen LogP) is 2.28. The molecule has 0 atom stereocenters. The van der Waals surface area contributed by atoms with Crippen molar-refractivity contribution in [2.75, 3.05) is 18.0 Å². The Labute approximate surface area is 148 Å². The summed E-state index contributed by atoms with van der Waals surface area (Å²) in [5.41, 5.74) is 4.00. The van der Waals surface area contributed by atoms with Gasteiger partial charge in [0.1, 0.15) is 0 Å². The number of nitrogens with one attached hydrogen (secondary N) is 2. The van der Waals surface area contributed by atoms with E-state index < -0.39 is 10.0 Å². The molecule has 0 bridgehead atoms. The van der Waals surface area contributed by atoms with Gasteiger partial charge < -0.3 is 9.88 Å². The molecule has 25 heavy (non-hydrogen) atoms. The number of hydrogen-bond donors (Lipinski definition) is 2. The summed E-state index contributed by atoms with van der Waals surface area (Å²) in [6, 6.07) is 8.52. The van der Waals surface area contributed by atoms with Gasteiger partial charge in [-0.3, -0.25) is 4.79 Å². The van der Waals surface area contributed by atoms with Crippen molar-refractivity contribution in [3.05, 3.63) is 47.3 Å². The molecule has 0 saturated carbocycles. The molecule has 7 heteroatoms. The van der Waals surface area contributed by atoms with Gasteiger partial charge in [-0.1, -0.05) is 0 Å². The minimum atomic E-state index is -3.55. The maximum absolute atomic E-state index is 12.4. The second-order valence-electron chi connectivity index (χ2n) is 6.39. The van der Waals surface area contributed by atoms with Gasteiger partial charge in [-0.15, -0.1) is 0 Å². The highest BCUT2D eigenvalue weighted by molar-refractivity contribution is 7.89. The predicted molar refractivity (Wildman–Crippen MR) is 97.2 cm³/mol. The lowest BCUT2D eigenvalue weighted by molar-refractivity contribution is -0.117. The maximum Gasteiger partial charge on any atom is 0.240 e. The largest absolute Gasteiger partial charge is 0.362 e. The van der Waals surface area contributed by atoms with E-state index in [4.69, 9.17) is 0 Å². The molecule has 2 N–H and O–H groups in total. The molecular formula is C18H23N3O3S. The highest BCUT2D eigenvalue weighted by Crippen LogP contribution is 2.23. The van der Waals surface area contributed by atoms with Crippen LogP contribution in [0.3, 0.4) is 0 Å². The highest BCUT2D eigenvalue weighted by atomic mass is 32.2. The fourth-order valence-corrected chi connectivity index (χ4v) is 4.20. The number of carbonyl (C=O) groups excluding carboxylic acids is 1. The van der Waals surface area contributed by atoms with E-state index in [1.807, 2.05) is 19.9 Å². The van der Waals surface area contributed by atoms with Crippen molar-refractivity contribution in [1.29, 1.82) is 0 Å². The summed E-state index contributed by atoms with van der Waals surface area (Å²) in [6.45, 7) is 4.99. The van der Waals surface area contributed by atoms with Crippen LogP contribution in [-0.4, -0.2) is 32.4 Å². The number of hydrogen-bond acceptors (Lipinski definition) is 3. The van der Waals surface area contributed by atoms with Crippen LogP contribution in [0.4, 0.5) is 5.69 Å². The Hall–Kier alpha value is -2.12. The minimum Gasteiger partial charge on any atom is -0.362 e. The number of carbonyl (C=O) groups is 1. The topological polar surface area (TPSA) is 82.3 Å². The average molecular weight is 361 g/mol. The number of benzene rings is 1. The van der Waals surface area contributed by atoms with Crippen LogP contribution in [0, 0.1) is 13.8 Å². The molecule has 0 radical (unpaired) electrons. The van der Waals surface area contributed by atoms with Gasteiger partial charge in [-0.05, 0) is 62.6 Å². The molecule has 0 spiro atoms. The van der Waals surface area contributed by atoms with Crippen LogP contribution in [0.15, 0.2) is 35.2 Å². The third-order valence-corrected chi connectivity index (χ3v) is 5.95. The molecule has 1 aromatic heterocycles. The van der Waals surface area contributed by atoms with E-state index in [1.54, 1.807) is 29.2 Å². The molecule has 134 valence electrons. The van der Waals surface area contributed by atoms with Gasteiger partial charge in [0.15, 0.2) is 0 Å². The van der Waals surface area contributed by atoms with E-state index in [1.165, 1.54) is 0 Å². The first kappa shape index (κ1) is 17.7. The molecule has 6 nitrogen and oxygen atoms in total. The smallest absolute Gasteiger partial charge is 0.240 e. The van der Waals surface area contributed by atoms with Crippen molar-refractivity contribution in [2.45, 2.75) is 38.0 Å². The van der Waals surface area contributed by atoms with Gasteiger partial charge in [-0.25, -0.2) is 13.1 Å². The molecule has 1 fully saturated rings. The fraction of sp³-hybridized carbons (Fsp3) is 0.389. The molecule has 1 aliphatic rings. The summed E-state index contributed by atoms with van der Waals surface area (Å²) in [5.74, 6) is 0.0888. The first-order valence-electron chi connectivity index (χ1n) is 8.42. The Morgan fingerprint density at radius 2 is 1.92 bits per heavy atom. The summed E-state index contributed by atoms with van der Waals surface area (Å²) in [6.07, 6.45) is 2.04. The second-order valence-corrected chi connectivity index (χ2v) is 8.16. The molecule has 2 heterocycles. The summed E-state index contributed by atoms with van der Waals surface area (Å²) < 4.78 is 27.5. The van der Waals surface area contributed by atoms with Gasteiger partial charge in [0, 0.05) is 36.6 Å². The van der Waals surface area contributed by atoms with Crippen LogP contribution in [-0.2, 0) is 21.2 Å². The quantitative estimate of drug-likeness (QED) is 0.828. The van der Waals surface area contributed by atoms with Crippen LogP contribution >= 0.6 is 0 Å². The number of anilines is 1. The zero-order chi connectivity index (χ0) is 18.0. The Kier molecular flexibility index (Phi) is 4.96. The summed E-state index contributed by atoms with van der Waals surface area (Å²) in [5, 5.41) is 0. The van der Waals surface area contributed by atoms with E-state index in [2.05, 4.69) is 9.71 Å². The summed E-state index contributed by atoms with van der Waals surface area (Å²) in [7, 11) is -3.55. The van der Waals surface area contributed by atoms with Crippen LogP contribution in [0.5, 0.6) is 0 Å². The van der Waals surface area contributed by atoms with E-state index in [0.29, 0.717) is 25.9 Å². The molecule has 1 aliphatic heterocycles. The van der Waals surface area contributed by atoms with Gasteiger partial charge in [-0.2, -0.15) is 0 Å². The van der Waals surface area contributed by atoms with Crippen LogP contribution < -0.4 is 9.62 Å². The highest BCUT2D eigenvalue weighted by Gasteiger charge is 2.22. The standard InChI is InChI=1S/C18H23N3O3S/c1-13-12-15(14(2)20-13)9-10-19-25(23,24)17-7-5-16(6-8-17)21-11-3-4-18(21)22/h5-8,12,19-20H,3-4,9-11H2,1-2H3. The van der Waals surface area contributed by atoms with Crippen molar-refractivity contribution < 1.29 is 13.2 Å². The minimum absolute atomic E-state index is 0.0888. The van der Waals surface area contributed by atoms with Gasteiger partial charge >= 0.3 is 0 Å². The average Bonchev–Trinajstić information content (AvgIpc) is 3.13. The van der Waals surface area contributed by atoms with E-state index in [-0.39, 0.29) is 10.8 Å². The van der Waals surface area contributed by atoms with E-state index in [9.17, 15) is 13.2 Å². The number of aryl methyl sites for hydroxylation is 2. The Morgan fingerprint density at radius 1 is 1.20 bits per heavy atom. The SMILES string of the molecule is Cc1cc(CCNS(=O)(=O)c2ccc(N3CCCC3=O)cc2)c(C)[nH]1. The zero-order valence-electron chi connectivity index (χ0n) is 14.5. The molecule has 1 saturated heterocycles. The first-order valence-corrected chi connectivity index (χ1v) is 9.90. The molecule has 3 rings (SSSR count). The van der Waals surface area contributed by atoms with Gasteiger partial charge in [0.25, 0.3) is 0 Å². The van der Waals surface area contributed by atoms with Crippen molar-refractivity contribution >= 4 is 21.6 Å². The number of sulfonamides is 1. The number of aromatic amines is 1. The fourth-order valence-electron chi connectivity index (χ4n) is 3.17. The Morgan fingerprint density at radius 3 is 2.48 bits per heavy atom. The molecule has 1 amide bonds. The summed E-state index contributed by atoms with van der Waals surface area (Å²) in [4.78, 5) is 16.9. The lowest BCUT2D eigenvalue weighted by Crippen LogP contribution is -2.26. The van der Waals surface area contributed by atoms with Crippen LogP contribution in [0.2, 0.25) is 0 Å². The zero-order valence-corrected chi connectivity index (χ0v) is 15.3. The molecule has 2 aromatic rings.